The number of hydrogen-bond donors (Lipinski definition) is 2. The second-order valence-electron chi connectivity index (χ2n) is 6.48. The second kappa shape index (κ2) is 8.19. The largest absolute Gasteiger partial charge is 0.351 e. The molecule has 3 aromatic rings. The highest BCUT2D eigenvalue weighted by Gasteiger charge is 2.23. The lowest BCUT2D eigenvalue weighted by Crippen LogP contribution is -2.29. The number of nitrogens with zero attached hydrogens (tertiary/aromatic N) is 1. The van der Waals surface area contributed by atoms with E-state index < -0.39 is 10.0 Å². The van der Waals surface area contributed by atoms with Gasteiger partial charge in [-0.2, -0.15) is 0 Å². The summed E-state index contributed by atoms with van der Waals surface area (Å²) in [5.74, 6) is -0.0938. The first kappa shape index (κ1) is 20.0. The molecule has 0 unspecified atom stereocenters. The van der Waals surface area contributed by atoms with Gasteiger partial charge in [0, 0.05) is 27.6 Å². The third kappa shape index (κ3) is 4.48. The van der Waals surface area contributed by atoms with Crippen LogP contribution in [0.4, 0.5) is 11.4 Å². The molecular formula is C20H19N3O3S3. The van der Waals surface area contributed by atoms with E-state index in [0.717, 1.165) is 27.6 Å². The summed E-state index contributed by atoms with van der Waals surface area (Å²) in [6.45, 7) is 0.829. The molecule has 0 atom stereocenters. The quantitative estimate of drug-likeness (QED) is 0.603. The van der Waals surface area contributed by atoms with Crippen molar-refractivity contribution in [2.75, 3.05) is 11.4 Å². The normalized spacial score (nSPS) is 12.9. The molecule has 0 aliphatic carbocycles. The molecule has 0 saturated heterocycles. The van der Waals surface area contributed by atoms with Crippen molar-refractivity contribution < 1.29 is 13.2 Å². The minimum atomic E-state index is -3.70. The van der Waals surface area contributed by atoms with Crippen molar-refractivity contribution in [1.82, 2.24) is 5.32 Å². The molecule has 2 aromatic carbocycles. The maximum atomic E-state index is 12.4. The number of carbonyl (C=O) groups excluding carboxylic acids is 1. The number of carbonyl (C=O) groups is 1. The monoisotopic (exact) mass is 445 g/mol. The van der Waals surface area contributed by atoms with Crippen LogP contribution in [-0.4, -0.2) is 20.9 Å². The second-order valence-corrected chi connectivity index (χ2v) is 10.5. The lowest BCUT2D eigenvalue weighted by atomic mass is 10.2. The third-order valence-electron chi connectivity index (χ3n) is 4.47. The number of nitrogens with two attached hydrogens (primary N) is 1. The van der Waals surface area contributed by atoms with Gasteiger partial charge in [-0.1, -0.05) is 36.0 Å². The zero-order valence-electron chi connectivity index (χ0n) is 15.4. The standard InChI is InChI=1S/C20H19N3O3S3/c21-29(25,26)20-10-9-14(27-20)13-22-19(24)11-12-23-15-5-1-3-7-17(15)28-18-8-4-2-6-16(18)23/h1-10H,11-13H2,(H,22,24)(H2,21,25,26). The van der Waals surface area contributed by atoms with Gasteiger partial charge in [0.15, 0.2) is 0 Å². The van der Waals surface area contributed by atoms with Crippen molar-refractivity contribution in [3.05, 3.63) is 65.5 Å². The summed E-state index contributed by atoms with van der Waals surface area (Å²) in [7, 11) is -3.70. The van der Waals surface area contributed by atoms with Crippen LogP contribution >= 0.6 is 23.1 Å². The van der Waals surface area contributed by atoms with Crippen LogP contribution < -0.4 is 15.4 Å². The van der Waals surface area contributed by atoms with Crippen LogP contribution in [0.1, 0.15) is 11.3 Å². The van der Waals surface area contributed by atoms with Crippen molar-refractivity contribution in [2.45, 2.75) is 27.0 Å². The van der Waals surface area contributed by atoms with Gasteiger partial charge in [-0.3, -0.25) is 4.79 Å². The van der Waals surface area contributed by atoms with E-state index in [1.54, 1.807) is 17.8 Å². The van der Waals surface area contributed by atoms with E-state index in [9.17, 15) is 13.2 Å². The minimum absolute atomic E-state index is 0.0938. The number of hydrogen-bond acceptors (Lipinski definition) is 6. The van der Waals surface area contributed by atoms with Gasteiger partial charge in [-0.15, -0.1) is 11.3 Å². The predicted molar refractivity (Wildman–Crippen MR) is 116 cm³/mol. The number of nitrogens with one attached hydrogen (secondary N) is 1. The van der Waals surface area contributed by atoms with Gasteiger partial charge in [0.25, 0.3) is 0 Å². The summed E-state index contributed by atoms with van der Waals surface area (Å²) in [5.41, 5.74) is 2.19. The third-order valence-corrected chi connectivity index (χ3v) is 8.13. The number of amides is 1. The van der Waals surface area contributed by atoms with E-state index in [-0.39, 0.29) is 16.7 Å². The Kier molecular flexibility index (Phi) is 5.64. The Bertz CT molecular complexity index is 1110. The molecule has 0 radical (unpaired) electrons. The zero-order valence-corrected chi connectivity index (χ0v) is 17.8. The Labute approximate surface area is 177 Å². The molecular weight excluding hydrogens is 426 g/mol. The number of rotatable bonds is 6. The molecule has 3 N–H and O–H groups in total. The van der Waals surface area contributed by atoms with Crippen LogP contribution in [0.5, 0.6) is 0 Å². The first-order valence-corrected chi connectivity index (χ1v) is 12.1. The van der Waals surface area contributed by atoms with Gasteiger partial charge in [-0.05, 0) is 36.4 Å². The van der Waals surface area contributed by atoms with Gasteiger partial charge < -0.3 is 10.2 Å². The molecule has 9 heteroatoms. The number of benzene rings is 2. The summed E-state index contributed by atoms with van der Waals surface area (Å²) in [6, 6.07) is 19.5. The Hall–Kier alpha value is -2.33. The number of thiophene rings is 1. The molecule has 1 aromatic heterocycles. The molecule has 29 heavy (non-hydrogen) atoms. The highest BCUT2D eigenvalue weighted by Crippen LogP contribution is 2.47. The summed E-state index contributed by atoms with van der Waals surface area (Å²) in [5, 5.41) is 7.98. The molecule has 2 heterocycles. The molecule has 6 nitrogen and oxygen atoms in total. The molecule has 150 valence electrons. The zero-order chi connectivity index (χ0) is 20.4. The average molecular weight is 446 g/mol. The van der Waals surface area contributed by atoms with Gasteiger partial charge in [0.2, 0.25) is 15.9 Å². The fraction of sp³-hybridized carbons (Fsp3) is 0.150. The van der Waals surface area contributed by atoms with Gasteiger partial charge in [-0.25, -0.2) is 13.6 Å². The Morgan fingerprint density at radius 3 is 2.17 bits per heavy atom. The summed E-state index contributed by atoms with van der Waals surface area (Å²) in [6.07, 6.45) is 0.320. The van der Waals surface area contributed by atoms with Crippen LogP contribution in [0.25, 0.3) is 0 Å². The van der Waals surface area contributed by atoms with Crippen molar-refractivity contribution in [3.63, 3.8) is 0 Å². The van der Waals surface area contributed by atoms with Crippen LogP contribution in [-0.2, 0) is 21.4 Å². The highest BCUT2D eigenvalue weighted by atomic mass is 32.2. The molecule has 1 aliphatic rings. The molecule has 0 fully saturated rings. The minimum Gasteiger partial charge on any atom is -0.351 e. The number of para-hydroxylation sites is 2. The Morgan fingerprint density at radius 1 is 0.966 bits per heavy atom. The van der Waals surface area contributed by atoms with Crippen molar-refractivity contribution in [1.29, 1.82) is 0 Å². The van der Waals surface area contributed by atoms with Crippen molar-refractivity contribution >= 4 is 50.4 Å². The van der Waals surface area contributed by atoms with Crippen LogP contribution in [0.2, 0.25) is 0 Å². The van der Waals surface area contributed by atoms with Gasteiger partial charge in [0.1, 0.15) is 4.21 Å². The van der Waals surface area contributed by atoms with E-state index in [0.29, 0.717) is 13.0 Å². The molecule has 1 amide bonds. The fourth-order valence-electron chi connectivity index (χ4n) is 3.12. The van der Waals surface area contributed by atoms with Gasteiger partial charge >= 0.3 is 0 Å². The molecule has 4 rings (SSSR count). The summed E-state index contributed by atoms with van der Waals surface area (Å²) in [4.78, 5) is 17.7. The SMILES string of the molecule is NS(=O)(=O)c1ccc(CNC(=O)CCN2c3ccccc3Sc3ccccc32)s1. The number of primary sulfonamides is 1. The number of fused-ring (bicyclic) bond motifs is 2. The Morgan fingerprint density at radius 2 is 1.59 bits per heavy atom. The predicted octanol–water partition coefficient (Wildman–Crippen LogP) is 3.70. The maximum Gasteiger partial charge on any atom is 0.247 e. The highest BCUT2D eigenvalue weighted by molar-refractivity contribution is 7.99. The number of anilines is 2. The lowest BCUT2D eigenvalue weighted by molar-refractivity contribution is -0.121. The summed E-state index contributed by atoms with van der Waals surface area (Å²) < 4.78 is 22.8. The van der Waals surface area contributed by atoms with Crippen LogP contribution in [0, 0.1) is 0 Å². The lowest BCUT2D eigenvalue weighted by Gasteiger charge is -2.32. The maximum absolute atomic E-state index is 12.4. The van der Waals surface area contributed by atoms with E-state index >= 15 is 0 Å². The Balaban J connectivity index is 1.41. The van der Waals surface area contributed by atoms with Crippen LogP contribution in [0.15, 0.2) is 74.7 Å². The average Bonchev–Trinajstić information content (AvgIpc) is 3.19. The van der Waals surface area contributed by atoms with Crippen LogP contribution in [0.3, 0.4) is 0 Å². The number of sulfonamides is 1. The van der Waals surface area contributed by atoms with E-state index in [4.69, 9.17) is 5.14 Å². The molecule has 0 bridgehead atoms. The van der Waals surface area contributed by atoms with E-state index in [1.807, 2.05) is 24.3 Å². The van der Waals surface area contributed by atoms with E-state index in [2.05, 4.69) is 34.5 Å². The van der Waals surface area contributed by atoms with Gasteiger partial charge in [0.05, 0.1) is 17.9 Å². The first-order valence-electron chi connectivity index (χ1n) is 8.93. The van der Waals surface area contributed by atoms with Crippen molar-refractivity contribution in [3.8, 4) is 0 Å². The fourth-order valence-corrected chi connectivity index (χ4v) is 5.93. The molecule has 0 saturated carbocycles. The molecule has 0 spiro atoms. The van der Waals surface area contributed by atoms with Crippen molar-refractivity contribution in [2.24, 2.45) is 5.14 Å². The molecule has 1 aliphatic heterocycles. The first-order chi connectivity index (χ1) is 13.9. The summed E-state index contributed by atoms with van der Waals surface area (Å²) >= 11 is 2.80. The smallest absolute Gasteiger partial charge is 0.247 e. The van der Waals surface area contributed by atoms with E-state index in [1.165, 1.54) is 15.9 Å². The topological polar surface area (TPSA) is 92.5 Å².